The zero-order valence-electron chi connectivity index (χ0n) is 46.3. The molecule has 3 amide bonds. The normalized spacial score (nSPS) is 18.7. The minimum absolute atomic E-state index is 0.0246. The van der Waals surface area contributed by atoms with Gasteiger partial charge in [0, 0.05) is 136 Å². The zero-order chi connectivity index (χ0) is 51.4. The van der Waals surface area contributed by atoms with Crippen LogP contribution < -0.4 is 0 Å². The highest BCUT2D eigenvalue weighted by Crippen LogP contribution is 2.48. The number of hydrogen-bond acceptors (Lipinski definition) is 10. The van der Waals surface area contributed by atoms with E-state index in [-0.39, 0.29) is 73.8 Å². The Morgan fingerprint density at radius 3 is 0.789 bits per heavy atom. The van der Waals surface area contributed by atoms with Crippen LogP contribution in [-0.4, -0.2) is 197 Å². The molecule has 13 nitrogen and oxygen atoms in total. The van der Waals surface area contributed by atoms with Crippen LogP contribution >= 0.6 is 7.14 Å². The Labute approximate surface area is 435 Å². The van der Waals surface area contributed by atoms with E-state index in [1.165, 1.54) is 135 Å². The maximum atomic E-state index is 14.8. The summed E-state index contributed by atoms with van der Waals surface area (Å²) in [7, 11) is -3.07. The Bertz CT molecular complexity index is 1240. The monoisotopic (exact) mass is 1020 g/mol. The maximum absolute atomic E-state index is 14.8. The van der Waals surface area contributed by atoms with Gasteiger partial charge in [-0.1, -0.05) is 175 Å². The number of aliphatic hydroxyl groups is 3. The van der Waals surface area contributed by atoms with E-state index in [0.717, 1.165) is 38.5 Å². The highest BCUT2D eigenvalue weighted by Gasteiger charge is 2.32. The fourth-order valence-electron chi connectivity index (χ4n) is 11.0. The third kappa shape index (κ3) is 29.9. The molecule has 0 aromatic heterocycles. The van der Waals surface area contributed by atoms with E-state index < -0.39 is 7.14 Å². The van der Waals surface area contributed by atoms with Crippen molar-refractivity contribution < 1.29 is 34.3 Å². The molecule has 0 aromatic carbocycles. The molecule has 0 radical (unpaired) electrons. The number of β-amino-alcohol motifs (C(OH)–C–C–N with tert-alkyl or cyclic N) is 3. The molecular weight excluding hydrogens is 912 g/mol. The molecule has 14 heteroatoms. The Kier molecular flexibility index (Phi) is 35.7. The summed E-state index contributed by atoms with van der Waals surface area (Å²) in [6.45, 7) is 16.3. The average molecular weight is 1020 g/mol. The number of nitrogens with zero attached hydrogens (tertiary/aromatic N) is 6. The van der Waals surface area contributed by atoms with Gasteiger partial charge in [0.1, 0.15) is 0 Å². The molecule has 3 fully saturated rings. The molecule has 3 aliphatic rings. The molecule has 416 valence electrons. The van der Waals surface area contributed by atoms with Crippen molar-refractivity contribution in [3.05, 3.63) is 0 Å². The van der Waals surface area contributed by atoms with Gasteiger partial charge >= 0.3 is 0 Å². The molecule has 3 atom stereocenters. The predicted octanol–water partition coefficient (Wildman–Crippen LogP) is 9.63. The van der Waals surface area contributed by atoms with E-state index >= 15 is 0 Å². The van der Waals surface area contributed by atoms with Crippen LogP contribution in [0.4, 0.5) is 0 Å². The quantitative estimate of drug-likeness (QED) is 0.0399. The van der Waals surface area contributed by atoms with Crippen molar-refractivity contribution in [1.29, 1.82) is 0 Å². The Hall–Kier alpha value is -1.60. The number of hydrogen-bond donors (Lipinski definition) is 3. The first-order chi connectivity index (χ1) is 34.4. The van der Waals surface area contributed by atoms with Crippen molar-refractivity contribution in [3.8, 4) is 0 Å². The van der Waals surface area contributed by atoms with Crippen LogP contribution in [0.1, 0.15) is 213 Å². The molecule has 3 rings (SSSR count). The van der Waals surface area contributed by atoms with Crippen molar-refractivity contribution in [3.63, 3.8) is 0 Å². The van der Waals surface area contributed by atoms with Gasteiger partial charge in [-0.2, -0.15) is 0 Å². The molecule has 0 aliphatic carbocycles. The second-order valence-electron chi connectivity index (χ2n) is 22.3. The second-order valence-corrected chi connectivity index (χ2v) is 25.7. The van der Waals surface area contributed by atoms with Crippen LogP contribution in [0, 0.1) is 0 Å². The van der Waals surface area contributed by atoms with Gasteiger partial charge in [0.2, 0.25) is 17.7 Å². The number of unbranched alkanes of at least 4 members (excludes halogenated alkanes) is 21. The fraction of sp³-hybridized carbons (Fsp3) is 0.947. The highest BCUT2D eigenvalue weighted by molar-refractivity contribution is 7.64. The fourth-order valence-corrected chi connectivity index (χ4v) is 13.4. The van der Waals surface area contributed by atoms with Crippen molar-refractivity contribution in [1.82, 2.24) is 29.4 Å². The largest absolute Gasteiger partial charge is 0.392 e. The van der Waals surface area contributed by atoms with Crippen molar-refractivity contribution in [2.45, 2.75) is 232 Å². The number of carbonyl (C=O) groups is 3. The number of aliphatic hydroxyl groups excluding tert-OH is 3. The first kappa shape index (κ1) is 63.7. The standard InChI is InChI=1S/C57H111N6O7P/c1-4-7-10-13-16-19-22-25-28-52(64)49-58-34-40-61(41-35-58)55(67)31-46-71(70,47-32-56(68)62-42-36-59(37-43-62)50-53(65)29-26-23-20-17-14-11-8-5-2)48-33-57(69)63-44-38-60(39-45-63)51-54(66)30-27-24-21-18-15-12-9-6-3/h52-54,64-66H,4-51H2,1-3H3. The lowest BCUT2D eigenvalue weighted by molar-refractivity contribution is -0.133. The Morgan fingerprint density at radius 2 is 0.563 bits per heavy atom. The second kappa shape index (κ2) is 39.8. The minimum atomic E-state index is -3.07. The summed E-state index contributed by atoms with van der Waals surface area (Å²) in [4.78, 5) is 53.3. The van der Waals surface area contributed by atoms with Crippen LogP contribution in [0.3, 0.4) is 0 Å². The predicted molar refractivity (Wildman–Crippen MR) is 295 cm³/mol. The number of rotatable bonds is 42. The third-order valence-electron chi connectivity index (χ3n) is 16.0. The first-order valence-corrected chi connectivity index (χ1v) is 32.3. The molecule has 3 saturated heterocycles. The molecule has 0 saturated carbocycles. The number of piperazine rings is 3. The van der Waals surface area contributed by atoms with Gasteiger partial charge in [0.15, 0.2) is 0 Å². The first-order valence-electron chi connectivity index (χ1n) is 30.1. The molecule has 71 heavy (non-hydrogen) atoms. The van der Waals surface area contributed by atoms with Gasteiger partial charge in [-0.15, -0.1) is 0 Å². The summed E-state index contributed by atoms with van der Waals surface area (Å²) in [6.07, 6.45) is 32.3. The van der Waals surface area contributed by atoms with E-state index in [1.807, 2.05) is 14.7 Å². The molecule has 3 N–H and O–H groups in total. The Morgan fingerprint density at radius 1 is 0.352 bits per heavy atom. The van der Waals surface area contributed by atoms with Crippen LogP contribution in [-0.2, 0) is 18.9 Å². The Balaban J connectivity index is 1.44. The van der Waals surface area contributed by atoms with Crippen LogP contribution in [0.2, 0.25) is 0 Å². The third-order valence-corrected chi connectivity index (χ3v) is 19.1. The topological polar surface area (TPSA) is 148 Å². The smallest absolute Gasteiger partial charge is 0.223 e. The molecule has 0 bridgehead atoms. The summed E-state index contributed by atoms with van der Waals surface area (Å²) >= 11 is 0. The summed E-state index contributed by atoms with van der Waals surface area (Å²) in [5, 5.41) is 32.2. The van der Waals surface area contributed by atoms with Crippen LogP contribution in [0.25, 0.3) is 0 Å². The van der Waals surface area contributed by atoms with E-state index in [9.17, 15) is 34.3 Å². The van der Waals surface area contributed by atoms with Gasteiger partial charge in [-0.25, -0.2) is 0 Å². The molecular formula is C57H111N6O7P. The lowest BCUT2D eigenvalue weighted by Crippen LogP contribution is -2.50. The molecule has 0 aromatic rings. The summed E-state index contributed by atoms with van der Waals surface area (Å²) < 4.78 is 14.8. The maximum Gasteiger partial charge on any atom is 0.223 e. The van der Waals surface area contributed by atoms with Crippen molar-refractivity contribution in [2.24, 2.45) is 0 Å². The SMILES string of the molecule is CCCCCCCCCCC(O)CN1CCN(C(=O)CCP(=O)(CCC(=O)N2CCN(CC(O)CCCCCCCCCC)CC2)CCC(=O)N2CCN(CC(O)CCCCCCCCCC)CC2)CC1. The summed E-state index contributed by atoms with van der Waals surface area (Å²) in [5.41, 5.74) is 0. The zero-order valence-corrected chi connectivity index (χ0v) is 47.2. The minimum Gasteiger partial charge on any atom is -0.392 e. The lowest BCUT2D eigenvalue weighted by atomic mass is 10.1. The van der Waals surface area contributed by atoms with Gasteiger partial charge in [0.05, 0.1) is 25.5 Å². The molecule has 3 aliphatic heterocycles. The van der Waals surface area contributed by atoms with Gasteiger partial charge in [-0.3, -0.25) is 29.1 Å². The van der Waals surface area contributed by atoms with Gasteiger partial charge < -0.3 is 34.6 Å². The average Bonchev–Trinajstić information content (AvgIpc) is 3.37. The summed E-state index contributed by atoms with van der Waals surface area (Å²) in [6, 6.07) is 0. The number of carbonyl (C=O) groups excluding carboxylic acids is 3. The molecule has 0 spiro atoms. The van der Waals surface area contributed by atoms with Crippen molar-refractivity contribution in [2.75, 3.05) is 117 Å². The van der Waals surface area contributed by atoms with E-state index in [4.69, 9.17) is 0 Å². The van der Waals surface area contributed by atoms with E-state index in [2.05, 4.69) is 35.5 Å². The van der Waals surface area contributed by atoms with Gasteiger partial charge in [-0.05, 0) is 19.3 Å². The van der Waals surface area contributed by atoms with Crippen LogP contribution in [0.5, 0.6) is 0 Å². The van der Waals surface area contributed by atoms with E-state index in [1.54, 1.807) is 0 Å². The lowest BCUT2D eigenvalue weighted by Gasteiger charge is -2.36. The van der Waals surface area contributed by atoms with E-state index in [0.29, 0.717) is 98.2 Å². The molecule has 3 heterocycles. The van der Waals surface area contributed by atoms with Gasteiger partial charge in [0.25, 0.3) is 0 Å². The van der Waals surface area contributed by atoms with Crippen molar-refractivity contribution >= 4 is 24.9 Å². The molecule has 3 unspecified atom stereocenters. The number of amides is 3. The highest BCUT2D eigenvalue weighted by atomic mass is 31.2. The van der Waals surface area contributed by atoms with Crippen LogP contribution in [0.15, 0.2) is 0 Å². The summed E-state index contributed by atoms with van der Waals surface area (Å²) in [5.74, 6) is -0.0738.